The summed E-state index contributed by atoms with van der Waals surface area (Å²) in [5.41, 5.74) is 5.08. The van der Waals surface area contributed by atoms with Crippen molar-refractivity contribution >= 4 is 23.8 Å². The monoisotopic (exact) mass is 237 g/mol. The first-order chi connectivity index (χ1) is 7.97. The highest BCUT2D eigenvalue weighted by molar-refractivity contribution is 6.13. The van der Waals surface area contributed by atoms with Crippen molar-refractivity contribution in [1.29, 1.82) is 0 Å². The fraction of sp³-hybridized carbons (Fsp3) is 0.273. The van der Waals surface area contributed by atoms with Crippen molar-refractivity contribution in [2.24, 2.45) is 10.7 Å². The molecule has 2 amide bonds. The zero-order valence-electron chi connectivity index (χ0n) is 9.60. The van der Waals surface area contributed by atoms with Crippen LogP contribution in [0.25, 0.3) is 0 Å². The number of carbonyl (C=O) groups excluding carboxylic acids is 3. The van der Waals surface area contributed by atoms with Gasteiger partial charge in [0, 0.05) is 6.21 Å². The first kappa shape index (κ1) is 14.8. The molecule has 0 rings (SSSR count). The molecule has 0 aliphatic heterocycles. The van der Waals surface area contributed by atoms with E-state index in [0.29, 0.717) is 0 Å². The highest BCUT2D eigenvalue weighted by atomic mass is 16.2. The van der Waals surface area contributed by atoms with Gasteiger partial charge in [-0.25, -0.2) is 0 Å². The van der Waals surface area contributed by atoms with Gasteiger partial charge in [0.25, 0.3) is 5.91 Å². The van der Waals surface area contributed by atoms with Crippen LogP contribution >= 0.6 is 0 Å². The Morgan fingerprint density at radius 3 is 2.53 bits per heavy atom. The van der Waals surface area contributed by atoms with Crippen molar-refractivity contribution in [2.45, 2.75) is 6.92 Å². The lowest BCUT2D eigenvalue weighted by atomic mass is 10.2. The van der Waals surface area contributed by atoms with Gasteiger partial charge in [-0.1, -0.05) is 12.7 Å². The summed E-state index contributed by atoms with van der Waals surface area (Å²) < 4.78 is 0. The standard InChI is InChI=1S/C11H15N3O3/c1-3-4-9(6-13-5-8(2)15)11(17)14-7-10(12)16/h3-4,6H,1,5,7H2,2H3,(H2,12,16)(H,14,17)/b9-4+,13-6?. The quantitative estimate of drug-likeness (QED) is 0.350. The van der Waals surface area contributed by atoms with E-state index in [1.54, 1.807) is 0 Å². The average molecular weight is 237 g/mol. The van der Waals surface area contributed by atoms with Gasteiger partial charge in [0.2, 0.25) is 5.91 Å². The van der Waals surface area contributed by atoms with Crippen LogP contribution in [-0.4, -0.2) is 36.9 Å². The zero-order chi connectivity index (χ0) is 13.3. The van der Waals surface area contributed by atoms with E-state index in [9.17, 15) is 14.4 Å². The zero-order valence-corrected chi connectivity index (χ0v) is 9.60. The van der Waals surface area contributed by atoms with E-state index in [1.807, 2.05) is 0 Å². The van der Waals surface area contributed by atoms with E-state index in [1.165, 1.54) is 25.3 Å². The Kier molecular flexibility index (Phi) is 6.92. The molecular formula is C11H15N3O3. The summed E-state index contributed by atoms with van der Waals surface area (Å²) in [5.74, 6) is -1.26. The molecule has 0 radical (unpaired) electrons. The average Bonchev–Trinajstić information content (AvgIpc) is 2.24. The lowest BCUT2D eigenvalue weighted by molar-refractivity contribution is -0.122. The maximum atomic E-state index is 11.5. The van der Waals surface area contributed by atoms with Gasteiger partial charge in [-0.15, -0.1) is 0 Å². The van der Waals surface area contributed by atoms with Crippen LogP contribution in [-0.2, 0) is 14.4 Å². The molecule has 6 nitrogen and oxygen atoms in total. The molecule has 0 unspecified atom stereocenters. The van der Waals surface area contributed by atoms with E-state index in [-0.39, 0.29) is 24.4 Å². The molecule has 0 atom stereocenters. The number of nitrogens with zero attached hydrogens (tertiary/aromatic N) is 1. The molecule has 0 aromatic carbocycles. The van der Waals surface area contributed by atoms with Gasteiger partial charge in [-0.05, 0) is 13.0 Å². The number of rotatable bonds is 7. The third-order valence-electron chi connectivity index (χ3n) is 1.53. The number of primary amides is 1. The van der Waals surface area contributed by atoms with Gasteiger partial charge < -0.3 is 11.1 Å². The number of carbonyl (C=O) groups is 3. The molecule has 0 heterocycles. The minimum absolute atomic E-state index is 0.00240. The van der Waals surface area contributed by atoms with Crippen molar-refractivity contribution in [2.75, 3.05) is 13.1 Å². The number of nitrogens with two attached hydrogens (primary N) is 1. The maximum absolute atomic E-state index is 11.5. The second kappa shape index (κ2) is 7.98. The van der Waals surface area contributed by atoms with Crippen LogP contribution in [0.2, 0.25) is 0 Å². The largest absolute Gasteiger partial charge is 0.368 e. The van der Waals surface area contributed by atoms with Crippen LogP contribution in [0, 0.1) is 0 Å². The number of aliphatic imine (C=N–C) groups is 1. The molecule has 17 heavy (non-hydrogen) atoms. The Morgan fingerprint density at radius 2 is 2.06 bits per heavy atom. The third kappa shape index (κ3) is 7.66. The van der Waals surface area contributed by atoms with Crippen LogP contribution in [0.3, 0.4) is 0 Å². The van der Waals surface area contributed by atoms with Gasteiger partial charge in [-0.2, -0.15) is 0 Å². The van der Waals surface area contributed by atoms with Crippen LogP contribution in [0.4, 0.5) is 0 Å². The molecule has 0 aliphatic carbocycles. The molecule has 92 valence electrons. The lowest BCUT2D eigenvalue weighted by Gasteiger charge is -2.02. The van der Waals surface area contributed by atoms with E-state index in [2.05, 4.69) is 16.9 Å². The Labute approximate surface area is 99.3 Å². The number of Topliss-reactive ketones (excluding diaryl/α,β-unsaturated/α-hetero) is 1. The van der Waals surface area contributed by atoms with Crippen molar-refractivity contribution in [3.05, 3.63) is 24.3 Å². The number of ketones is 1. The smallest absolute Gasteiger partial charge is 0.253 e. The van der Waals surface area contributed by atoms with Gasteiger partial charge in [-0.3, -0.25) is 19.4 Å². The van der Waals surface area contributed by atoms with Crippen LogP contribution in [0.5, 0.6) is 0 Å². The predicted octanol–water partition coefficient (Wildman–Crippen LogP) is -0.640. The number of amides is 2. The van der Waals surface area contributed by atoms with Crippen molar-refractivity contribution in [3.8, 4) is 0 Å². The van der Waals surface area contributed by atoms with E-state index < -0.39 is 11.8 Å². The van der Waals surface area contributed by atoms with Gasteiger partial charge in [0.1, 0.15) is 0 Å². The van der Waals surface area contributed by atoms with Crippen LogP contribution in [0.1, 0.15) is 6.92 Å². The highest BCUT2D eigenvalue weighted by Gasteiger charge is 2.06. The van der Waals surface area contributed by atoms with Crippen LogP contribution in [0.15, 0.2) is 29.3 Å². The normalized spacial score (nSPS) is 11.2. The Bertz CT molecular complexity index is 383. The van der Waals surface area contributed by atoms with E-state index in [4.69, 9.17) is 5.73 Å². The minimum atomic E-state index is -0.642. The summed E-state index contributed by atoms with van der Waals surface area (Å²) in [7, 11) is 0. The summed E-state index contributed by atoms with van der Waals surface area (Å²) >= 11 is 0. The van der Waals surface area contributed by atoms with Gasteiger partial charge >= 0.3 is 0 Å². The van der Waals surface area contributed by atoms with Crippen molar-refractivity contribution in [1.82, 2.24) is 5.32 Å². The lowest BCUT2D eigenvalue weighted by Crippen LogP contribution is -2.34. The predicted molar refractivity (Wildman–Crippen MR) is 64.5 cm³/mol. The van der Waals surface area contributed by atoms with Crippen LogP contribution < -0.4 is 11.1 Å². The van der Waals surface area contributed by atoms with E-state index >= 15 is 0 Å². The Morgan fingerprint density at radius 1 is 1.41 bits per heavy atom. The number of hydrogen-bond donors (Lipinski definition) is 2. The van der Waals surface area contributed by atoms with Crippen molar-refractivity contribution < 1.29 is 14.4 Å². The Balaban J connectivity index is 4.52. The van der Waals surface area contributed by atoms with Gasteiger partial charge in [0.15, 0.2) is 5.78 Å². The fourth-order valence-electron chi connectivity index (χ4n) is 0.846. The maximum Gasteiger partial charge on any atom is 0.253 e. The first-order valence-corrected chi connectivity index (χ1v) is 4.86. The number of nitrogens with one attached hydrogen (secondary N) is 1. The molecule has 0 saturated heterocycles. The minimum Gasteiger partial charge on any atom is -0.368 e. The molecule has 3 N–H and O–H groups in total. The number of allylic oxidation sites excluding steroid dienone is 2. The molecule has 0 aromatic rings. The summed E-state index contributed by atoms with van der Waals surface area (Å²) in [4.78, 5) is 36.4. The topological polar surface area (TPSA) is 102 Å². The highest BCUT2D eigenvalue weighted by Crippen LogP contribution is 1.92. The molecule has 0 aliphatic rings. The molecule has 0 aromatic heterocycles. The fourth-order valence-corrected chi connectivity index (χ4v) is 0.846. The summed E-state index contributed by atoms with van der Waals surface area (Å²) in [6.07, 6.45) is 4.07. The molecule has 0 saturated carbocycles. The second-order valence-corrected chi connectivity index (χ2v) is 3.18. The summed E-state index contributed by atoms with van der Waals surface area (Å²) in [6, 6.07) is 0. The summed E-state index contributed by atoms with van der Waals surface area (Å²) in [6.45, 7) is 4.58. The molecule has 0 bridgehead atoms. The molecule has 0 spiro atoms. The number of hydrogen-bond acceptors (Lipinski definition) is 4. The summed E-state index contributed by atoms with van der Waals surface area (Å²) in [5, 5.41) is 2.30. The SMILES string of the molecule is C=C/C=C(\C=NCC(C)=O)C(=O)NCC(N)=O. The van der Waals surface area contributed by atoms with Gasteiger partial charge in [0.05, 0.1) is 18.7 Å². The molecular weight excluding hydrogens is 222 g/mol. The Hall–Kier alpha value is -2.24. The molecule has 6 heteroatoms. The third-order valence-corrected chi connectivity index (χ3v) is 1.53. The van der Waals surface area contributed by atoms with E-state index in [0.717, 1.165) is 0 Å². The van der Waals surface area contributed by atoms with Crippen molar-refractivity contribution in [3.63, 3.8) is 0 Å². The molecule has 0 fully saturated rings. The second-order valence-electron chi connectivity index (χ2n) is 3.18. The first-order valence-electron chi connectivity index (χ1n) is 4.86.